The Kier molecular flexibility index (Phi) is 1.40. The lowest BCUT2D eigenvalue weighted by Crippen LogP contribution is -2.09. The maximum atomic E-state index is 10.5. The third kappa shape index (κ3) is 1.02. The fourth-order valence-electron chi connectivity index (χ4n) is 0.397. The average Bonchev–Trinajstić information content (AvgIpc) is 1.83. The number of nitrogen functional groups attached to an aromatic ring is 1. The molecule has 0 fully saturated rings. The Morgan fingerprint density at radius 1 is 1.78 bits per heavy atom. The highest BCUT2D eigenvalue weighted by Gasteiger charge is 1.97. The van der Waals surface area contributed by atoms with Crippen molar-refractivity contribution in [2.45, 2.75) is 0 Å². The van der Waals surface area contributed by atoms with Crippen LogP contribution in [0.15, 0.2) is 11.0 Å². The Bertz CT molecular complexity index is 269. The minimum Gasteiger partial charge on any atom is -0.396 e. The fourth-order valence-corrected chi connectivity index (χ4v) is 0.488. The zero-order chi connectivity index (χ0) is 6.85. The number of aromatic nitrogens is 2. The zero-order valence-electron chi connectivity index (χ0n) is 4.39. The van der Waals surface area contributed by atoms with Crippen LogP contribution in [0, 0.1) is 0 Å². The van der Waals surface area contributed by atoms with Gasteiger partial charge in [-0.25, -0.2) is 5.10 Å². The van der Waals surface area contributed by atoms with E-state index in [2.05, 4.69) is 10.2 Å². The van der Waals surface area contributed by atoms with E-state index in [9.17, 15) is 4.79 Å². The van der Waals surface area contributed by atoms with Crippen LogP contribution in [0.5, 0.6) is 0 Å². The number of halogens is 1. The van der Waals surface area contributed by atoms with Gasteiger partial charge in [-0.3, -0.25) is 4.79 Å². The van der Waals surface area contributed by atoms with Crippen molar-refractivity contribution in [1.29, 1.82) is 0 Å². The quantitative estimate of drug-likeness (QED) is 0.543. The van der Waals surface area contributed by atoms with E-state index < -0.39 is 5.56 Å². The molecule has 3 N–H and O–H groups in total. The van der Waals surface area contributed by atoms with E-state index in [0.717, 1.165) is 0 Å². The van der Waals surface area contributed by atoms with E-state index in [1.165, 1.54) is 6.20 Å². The van der Waals surface area contributed by atoms with Crippen LogP contribution in [-0.2, 0) is 0 Å². The van der Waals surface area contributed by atoms with Crippen molar-refractivity contribution >= 4 is 17.3 Å². The lowest BCUT2D eigenvalue weighted by atomic mass is 10.5. The number of aromatic amines is 1. The topological polar surface area (TPSA) is 71.8 Å². The van der Waals surface area contributed by atoms with Gasteiger partial charge in [0.05, 0.1) is 11.9 Å². The molecule has 0 spiro atoms. The molecule has 1 aromatic heterocycles. The van der Waals surface area contributed by atoms with Gasteiger partial charge in [0.15, 0.2) is 0 Å². The van der Waals surface area contributed by atoms with E-state index >= 15 is 0 Å². The molecule has 0 saturated heterocycles. The molecular weight excluding hydrogens is 144 g/mol. The largest absolute Gasteiger partial charge is 0.396 e. The van der Waals surface area contributed by atoms with E-state index in [0.29, 0.717) is 0 Å². The number of nitrogens with zero attached hydrogens (tertiary/aromatic N) is 1. The summed E-state index contributed by atoms with van der Waals surface area (Å²) in [5.41, 5.74) is 4.94. The molecule has 1 rings (SSSR count). The van der Waals surface area contributed by atoms with Gasteiger partial charge in [0.1, 0.15) is 5.02 Å². The predicted molar refractivity (Wildman–Crippen MR) is 34.3 cm³/mol. The van der Waals surface area contributed by atoms with Crippen molar-refractivity contribution < 1.29 is 0 Å². The molecule has 1 heterocycles. The molecule has 4 nitrogen and oxygen atoms in total. The number of nitrogens with one attached hydrogen (secondary N) is 1. The zero-order valence-corrected chi connectivity index (χ0v) is 5.14. The smallest absolute Gasteiger partial charge is 0.285 e. The molecule has 0 unspecified atom stereocenters. The highest BCUT2D eigenvalue weighted by molar-refractivity contribution is 6.32. The summed E-state index contributed by atoms with van der Waals surface area (Å²) in [7, 11) is 0. The molecule has 0 amide bonds. The van der Waals surface area contributed by atoms with E-state index in [1.54, 1.807) is 0 Å². The molecule has 5 heteroatoms. The van der Waals surface area contributed by atoms with Gasteiger partial charge in [-0.05, 0) is 0 Å². The second-order valence-corrected chi connectivity index (χ2v) is 1.85. The molecular formula is C4H4ClN3O. The van der Waals surface area contributed by atoms with Gasteiger partial charge in [-0.2, -0.15) is 5.10 Å². The van der Waals surface area contributed by atoms with Crippen LogP contribution < -0.4 is 11.3 Å². The molecule has 1 aromatic rings. The Balaban J connectivity index is 3.43. The minimum absolute atomic E-state index is 0.00926. The summed E-state index contributed by atoms with van der Waals surface area (Å²) in [4.78, 5) is 10.5. The van der Waals surface area contributed by atoms with Crippen LogP contribution in [0.2, 0.25) is 5.02 Å². The number of anilines is 1. The van der Waals surface area contributed by atoms with Gasteiger partial charge in [-0.1, -0.05) is 11.6 Å². The third-order valence-electron chi connectivity index (χ3n) is 0.823. The second-order valence-electron chi connectivity index (χ2n) is 1.47. The number of nitrogens with two attached hydrogens (primary N) is 1. The van der Waals surface area contributed by atoms with Crippen LogP contribution in [0.25, 0.3) is 0 Å². The fraction of sp³-hybridized carbons (Fsp3) is 0. The lowest BCUT2D eigenvalue weighted by Gasteiger charge is -1.90. The standard InChI is InChI=1S/C4H4ClN3O/c5-3-2(6)1-7-8-4(3)9/h1H,(H3,6,8,9)/i7+1,8+1. The maximum absolute atomic E-state index is 10.5. The Hall–Kier alpha value is -1.03. The number of hydrogen-bond donors (Lipinski definition) is 2. The Morgan fingerprint density at radius 2 is 2.44 bits per heavy atom. The van der Waals surface area contributed by atoms with Crippen LogP contribution in [0.3, 0.4) is 0 Å². The van der Waals surface area contributed by atoms with Crippen molar-refractivity contribution in [3.63, 3.8) is 0 Å². The molecule has 9 heavy (non-hydrogen) atoms. The number of hydrogen-bond acceptors (Lipinski definition) is 3. The Morgan fingerprint density at radius 3 is 2.89 bits per heavy atom. The van der Waals surface area contributed by atoms with E-state index in [4.69, 9.17) is 17.3 Å². The minimum atomic E-state index is -0.461. The summed E-state index contributed by atoms with van der Waals surface area (Å²) >= 11 is 5.37. The van der Waals surface area contributed by atoms with Gasteiger partial charge in [-0.15, -0.1) is 0 Å². The maximum Gasteiger partial charge on any atom is 0.285 e. The molecule has 0 radical (unpaired) electrons. The van der Waals surface area contributed by atoms with Crippen LogP contribution in [0.1, 0.15) is 0 Å². The van der Waals surface area contributed by atoms with Gasteiger partial charge < -0.3 is 5.73 Å². The third-order valence-corrected chi connectivity index (χ3v) is 1.21. The van der Waals surface area contributed by atoms with Crippen molar-refractivity contribution in [2.24, 2.45) is 0 Å². The summed E-state index contributed by atoms with van der Waals surface area (Å²) < 4.78 is 0. The average molecular weight is 148 g/mol. The highest BCUT2D eigenvalue weighted by Crippen LogP contribution is 2.07. The first-order valence-electron chi connectivity index (χ1n) is 2.20. The van der Waals surface area contributed by atoms with Crippen LogP contribution in [0.4, 0.5) is 5.69 Å². The molecule has 0 aliphatic carbocycles. The first-order chi connectivity index (χ1) is 4.22. The van der Waals surface area contributed by atoms with Crippen LogP contribution in [-0.4, -0.2) is 10.2 Å². The van der Waals surface area contributed by atoms with Gasteiger partial charge in [0.2, 0.25) is 0 Å². The molecule has 0 aliphatic heterocycles. The molecule has 0 aromatic carbocycles. The summed E-state index contributed by atoms with van der Waals surface area (Å²) in [6, 6.07) is 0. The summed E-state index contributed by atoms with van der Waals surface area (Å²) in [5.74, 6) is 0. The summed E-state index contributed by atoms with van der Waals surface area (Å²) in [6.45, 7) is 0. The molecule has 0 saturated carbocycles. The van der Waals surface area contributed by atoms with Crippen molar-refractivity contribution in [3.8, 4) is 0 Å². The first kappa shape index (κ1) is 6.10. The van der Waals surface area contributed by atoms with Crippen molar-refractivity contribution in [3.05, 3.63) is 21.6 Å². The van der Waals surface area contributed by atoms with E-state index in [-0.39, 0.29) is 10.7 Å². The first-order valence-corrected chi connectivity index (χ1v) is 2.58. The van der Waals surface area contributed by atoms with Crippen molar-refractivity contribution in [2.75, 3.05) is 5.73 Å². The molecule has 0 aliphatic rings. The SMILES string of the molecule is Nc1c[15n][15nH]c(=O)c1Cl. The van der Waals surface area contributed by atoms with Gasteiger partial charge in [0.25, 0.3) is 5.56 Å². The second kappa shape index (κ2) is 2.06. The number of H-pyrrole nitrogens is 1. The number of rotatable bonds is 0. The van der Waals surface area contributed by atoms with Gasteiger partial charge >= 0.3 is 0 Å². The summed E-state index contributed by atoms with van der Waals surface area (Å²) in [5, 5.41) is 5.51. The lowest BCUT2D eigenvalue weighted by molar-refractivity contribution is 0.992. The molecule has 0 bridgehead atoms. The molecule has 0 atom stereocenters. The Labute approximate surface area is 55.6 Å². The normalized spacial score (nSPS) is 9.44. The van der Waals surface area contributed by atoms with Gasteiger partial charge in [0, 0.05) is 0 Å². The predicted octanol–water partition coefficient (Wildman–Crippen LogP) is 0.00550. The van der Waals surface area contributed by atoms with Crippen LogP contribution >= 0.6 is 11.6 Å². The molecule has 48 valence electrons. The van der Waals surface area contributed by atoms with Crippen molar-refractivity contribution in [1.82, 2.24) is 10.2 Å². The summed E-state index contributed by atoms with van der Waals surface area (Å²) in [6.07, 6.45) is 1.28. The van der Waals surface area contributed by atoms with E-state index in [1.807, 2.05) is 0 Å². The highest BCUT2D eigenvalue weighted by atomic mass is 35.5. The monoisotopic (exact) mass is 147 g/mol.